The van der Waals surface area contributed by atoms with Crippen LogP contribution in [-0.2, 0) is 50.7 Å². The lowest BCUT2D eigenvalue weighted by Gasteiger charge is -2.30. The van der Waals surface area contributed by atoms with Crippen LogP contribution in [0.1, 0.15) is 39.3 Å². The summed E-state index contributed by atoms with van der Waals surface area (Å²) in [7, 11) is -16.3. The largest absolute Gasteiger partial charge is 0.481 e. The van der Waals surface area contributed by atoms with E-state index >= 15 is 0 Å². The van der Waals surface area contributed by atoms with Gasteiger partial charge in [-0.2, -0.15) is 16.9 Å². The molecular weight excluding hydrogens is 811 g/mol. The predicted octanol–water partition coefficient (Wildman–Crippen LogP) is -1.71. The smallest absolute Gasteiger partial charge is 0.396 e. The average Bonchev–Trinajstić information content (AvgIpc) is 3.64. The Hall–Kier alpha value is -2.48. The number of thiol groups is 1. The molecule has 29 heteroatoms. The lowest BCUT2D eigenvalue weighted by Crippen LogP contribution is -2.46. The van der Waals surface area contributed by atoms with Crippen molar-refractivity contribution >= 4 is 71.2 Å². The van der Waals surface area contributed by atoms with Crippen LogP contribution in [0.5, 0.6) is 0 Å². The van der Waals surface area contributed by atoms with Crippen molar-refractivity contribution in [3.63, 3.8) is 0 Å². The quantitative estimate of drug-likeness (QED) is 0.0288. The van der Waals surface area contributed by atoms with Gasteiger partial charge in [-0.1, -0.05) is 13.8 Å². The van der Waals surface area contributed by atoms with E-state index < -0.39 is 78.6 Å². The molecule has 2 amide bonds. The molecular formula is C25H44N7O18P3S. The molecule has 2 aromatic rings. The number of hydrogen-bond acceptors (Lipinski definition) is 19. The molecule has 1 aliphatic rings. The first kappa shape index (κ1) is 47.7. The molecule has 11 N–H and O–H groups in total. The van der Waals surface area contributed by atoms with Crippen LogP contribution < -0.4 is 16.4 Å². The summed E-state index contributed by atoms with van der Waals surface area (Å²) in [6.45, 7) is 0.847. The van der Waals surface area contributed by atoms with Gasteiger partial charge in [0.1, 0.15) is 42.5 Å². The second-order valence-corrected chi connectivity index (χ2v) is 16.5. The van der Waals surface area contributed by atoms with Crippen molar-refractivity contribution in [2.75, 3.05) is 44.4 Å². The Morgan fingerprint density at radius 2 is 1.78 bits per heavy atom. The van der Waals surface area contributed by atoms with E-state index in [4.69, 9.17) is 24.6 Å². The Kier molecular flexibility index (Phi) is 18.7. The van der Waals surface area contributed by atoms with Gasteiger partial charge in [0, 0.05) is 43.7 Å². The third-order valence-corrected chi connectivity index (χ3v) is 10.3. The highest BCUT2D eigenvalue weighted by molar-refractivity contribution is 7.80. The Morgan fingerprint density at radius 3 is 2.37 bits per heavy atom. The van der Waals surface area contributed by atoms with Crippen molar-refractivity contribution < 1.29 is 85.6 Å². The van der Waals surface area contributed by atoms with Crippen molar-refractivity contribution in [2.24, 2.45) is 5.41 Å². The van der Waals surface area contributed by atoms with Gasteiger partial charge in [0.2, 0.25) is 11.8 Å². The number of nitrogens with zero attached hydrogens (tertiary/aromatic N) is 4. The summed E-state index contributed by atoms with van der Waals surface area (Å²) in [5.41, 5.74) is 4.30. The van der Waals surface area contributed by atoms with E-state index in [0.717, 1.165) is 23.5 Å². The number of phosphoric acid groups is 3. The van der Waals surface area contributed by atoms with E-state index in [9.17, 15) is 57.9 Å². The molecule has 3 heterocycles. The average molecular weight is 856 g/mol. The number of nitrogens with one attached hydrogen (secondary N) is 2. The van der Waals surface area contributed by atoms with Crippen LogP contribution in [0.25, 0.3) is 11.2 Å². The number of nitrogens with two attached hydrogens (primary N) is 1. The van der Waals surface area contributed by atoms with Gasteiger partial charge in [0.25, 0.3) is 0 Å². The van der Waals surface area contributed by atoms with Gasteiger partial charge in [0.15, 0.2) is 17.7 Å². The van der Waals surface area contributed by atoms with Crippen molar-refractivity contribution in [3.05, 3.63) is 12.7 Å². The Labute approximate surface area is 312 Å². The number of imidazole rings is 1. The van der Waals surface area contributed by atoms with E-state index in [0.29, 0.717) is 25.1 Å². The normalized spacial score (nSPS) is 21.7. The number of amides is 2. The minimum Gasteiger partial charge on any atom is -0.396 e. The van der Waals surface area contributed by atoms with Crippen molar-refractivity contribution in [2.45, 2.75) is 63.8 Å². The number of fused-ring (bicyclic) bond motifs is 1. The van der Waals surface area contributed by atoms with Crippen LogP contribution in [0.3, 0.4) is 0 Å². The van der Waals surface area contributed by atoms with Crippen LogP contribution in [0.15, 0.2) is 12.7 Å². The highest BCUT2D eigenvalue weighted by Gasteiger charge is 2.50. The first-order valence-corrected chi connectivity index (χ1v) is 20.8. The highest BCUT2D eigenvalue weighted by Crippen LogP contribution is 2.61. The van der Waals surface area contributed by atoms with Gasteiger partial charge in [-0.05, 0) is 6.42 Å². The van der Waals surface area contributed by atoms with Gasteiger partial charge in [-0.25, -0.2) is 28.6 Å². The van der Waals surface area contributed by atoms with Gasteiger partial charge in [-0.3, -0.25) is 27.7 Å². The number of hydrogen-bond donors (Lipinski definition) is 11. The lowest BCUT2D eigenvalue weighted by molar-refractivity contribution is -0.137. The summed E-state index contributed by atoms with van der Waals surface area (Å²) in [5, 5.41) is 34.1. The standard InChI is InChI=1S/C21H36N7O16P3S.C4H8O2/c1-21(2,16(31)19(32)24-4-3-12(29)23-5-6-48)8-41-47(38,39)44-46(36,37)40-7-11-15(43-45(33,34)35)14(30)20(42-11)28-10-27-13-17(22)25-9-26-18(13)28;5-3-1-2-4-6/h9-11,14-16,20,30-31,48H,3-8H2,1-2H3,(H,23,29)(H,24,32)(H,36,37)(H,38,39)(H2,22,25,26)(H2,33,34,35);3,6H,1-2,4H2/t11-,14-,15-,16?,20-;/m1./s1. The Balaban J connectivity index is 0.00000155. The third kappa shape index (κ3) is 15.2. The van der Waals surface area contributed by atoms with Gasteiger partial charge >= 0.3 is 23.5 Å². The molecule has 0 saturated carbocycles. The van der Waals surface area contributed by atoms with E-state index in [-0.39, 0.29) is 42.5 Å². The number of carbonyl (C=O) groups excluding carboxylic acids is 3. The summed E-state index contributed by atoms with van der Waals surface area (Å²) in [6, 6.07) is 0. The van der Waals surface area contributed by atoms with Crippen molar-refractivity contribution in [1.29, 1.82) is 0 Å². The maximum absolute atomic E-state index is 12.6. The molecule has 0 aromatic carbocycles. The number of rotatable bonds is 21. The molecule has 0 bridgehead atoms. The number of phosphoric ester groups is 3. The molecule has 0 radical (unpaired) electrons. The fraction of sp³-hybridized carbons (Fsp3) is 0.680. The minimum atomic E-state index is -5.54. The zero-order chi connectivity index (χ0) is 40.9. The number of aliphatic hydroxyl groups excluding tert-OH is 3. The second kappa shape index (κ2) is 21.2. The van der Waals surface area contributed by atoms with Crippen molar-refractivity contribution in [1.82, 2.24) is 30.2 Å². The molecule has 0 aliphatic carbocycles. The number of aldehydes is 1. The SMILES string of the molecule is CC(C)(COP(=O)(O)OP(=O)(O)OC[C@H]1O[C@@H](n2cnc3c(N)ncnc32)[C@H](O)[C@@H]1OP(=O)(O)O)C(O)C(=O)NCCC(=O)NCCS.O=CCCCO. The number of unbranched alkanes of at least 4 members (excludes halogenated alkanes) is 1. The second-order valence-electron chi connectivity index (χ2n) is 11.8. The number of anilines is 1. The minimum absolute atomic E-state index is 0.0363. The molecule has 1 fully saturated rings. The van der Waals surface area contributed by atoms with Gasteiger partial charge in [-0.15, -0.1) is 0 Å². The third-order valence-electron chi connectivity index (χ3n) is 6.99. The predicted molar refractivity (Wildman–Crippen MR) is 186 cm³/mol. The van der Waals surface area contributed by atoms with Gasteiger partial charge in [0.05, 0.1) is 19.5 Å². The molecule has 3 unspecified atom stereocenters. The molecule has 25 nitrogen and oxygen atoms in total. The number of aromatic nitrogens is 4. The first-order valence-electron chi connectivity index (χ1n) is 15.6. The van der Waals surface area contributed by atoms with E-state index in [1.807, 2.05) is 0 Å². The first-order chi connectivity index (χ1) is 25.1. The lowest BCUT2D eigenvalue weighted by atomic mass is 9.87. The summed E-state index contributed by atoms with van der Waals surface area (Å²) >= 11 is 3.95. The fourth-order valence-electron chi connectivity index (χ4n) is 4.31. The van der Waals surface area contributed by atoms with E-state index in [1.165, 1.54) is 13.8 Å². The Bertz CT molecular complexity index is 1700. The summed E-state index contributed by atoms with van der Waals surface area (Å²) in [6.07, 6.45) is -4.85. The maximum atomic E-state index is 12.6. The van der Waals surface area contributed by atoms with E-state index in [2.05, 4.69) is 47.0 Å². The molecule has 54 heavy (non-hydrogen) atoms. The molecule has 1 saturated heterocycles. The topological polar surface area (TPSA) is 384 Å². The number of aliphatic hydroxyl groups is 3. The molecule has 308 valence electrons. The van der Waals surface area contributed by atoms with Crippen LogP contribution in [0, 0.1) is 5.41 Å². The molecule has 1 aliphatic heterocycles. The zero-order valence-corrected chi connectivity index (χ0v) is 32.3. The summed E-state index contributed by atoms with van der Waals surface area (Å²) in [5.74, 6) is -0.943. The molecule has 2 aromatic heterocycles. The zero-order valence-electron chi connectivity index (χ0n) is 28.8. The number of ether oxygens (including phenoxy) is 1. The maximum Gasteiger partial charge on any atom is 0.481 e. The van der Waals surface area contributed by atoms with E-state index in [1.54, 1.807) is 0 Å². The fourth-order valence-corrected chi connectivity index (χ4v) is 7.25. The molecule has 3 rings (SSSR count). The highest BCUT2D eigenvalue weighted by atomic mass is 32.1. The number of nitrogen functional groups attached to an aromatic ring is 1. The van der Waals surface area contributed by atoms with Crippen LogP contribution in [0.2, 0.25) is 0 Å². The van der Waals surface area contributed by atoms with Gasteiger partial charge < -0.3 is 60.8 Å². The van der Waals surface area contributed by atoms with Crippen LogP contribution in [-0.4, -0.2) is 136 Å². The molecule has 7 atom stereocenters. The number of carbonyl (C=O) groups is 3. The summed E-state index contributed by atoms with van der Waals surface area (Å²) < 4.78 is 61.7. The monoisotopic (exact) mass is 855 g/mol. The Morgan fingerprint density at radius 1 is 1.11 bits per heavy atom. The van der Waals surface area contributed by atoms with Crippen LogP contribution in [0.4, 0.5) is 5.82 Å². The van der Waals surface area contributed by atoms with Crippen molar-refractivity contribution in [3.8, 4) is 0 Å². The summed E-state index contributed by atoms with van der Waals surface area (Å²) in [4.78, 5) is 84.1. The van der Waals surface area contributed by atoms with Crippen LogP contribution >= 0.6 is 36.1 Å². The molecule has 0 spiro atoms.